The summed E-state index contributed by atoms with van der Waals surface area (Å²) in [6, 6.07) is 19.2. The first-order valence-electron chi connectivity index (χ1n) is 10.4. The maximum Gasteiger partial charge on any atom is 0.269 e. The van der Waals surface area contributed by atoms with Gasteiger partial charge in [0.25, 0.3) is 11.6 Å². The number of nitrogens with zero attached hydrogens (tertiary/aromatic N) is 4. The fourth-order valence-corrected chi connectivity index (χ4v) is 4.21. The van der Waals surface area contributed by atoms with Crippen LogP contribution in [0, 0.1) is 15.9 Å². The summed E-state index contributed by atoms with van der Waals surface area (Å²) in [7, 11) is 1.60. The maximum absolute atomic E-state index is 14.0. The fraction of sp³-hybridized carbons (Fsp3) is 0.125. The smallest absolute Gasteiger partial charge is 0.269 e. The Morgan fingerprint density at radius 2 is 1.89 bits per heavy atom. The van der Waals surface area contributed by atoms with Crippen LogP contribution in [0.3, 0.4) is 0 Å². The van der Waals surface area contributed by atoms with Gasteiger partial charge in [-0.15, -0.1) is 10.2 Å². The molecule has 1 aromatic heterocycles. The number of amides is 1. The highest BCUT2D eigenvalue weighted by Gasteiger charge is 2.18. The molecule has 0 atom stereocenters. The minimum atomic E-state index is -0.628. The highest BCUT2D eigenvalue weighted by atomic mass is 32.2. The van der Waals surface area contributed by atoms with E-state index in [0.29, 0.717) is 22.4 Å². The molecule has 35 heavy (non-hydrogen) atoms. The van der Waals surface area contributed by atoms with E-state index in [4.69, 9.17) is 4.74 Å². The topological polar surface area (TPSA) is 112 Å². The van der Waals surface area contributed by atoms with Gasteiger partial charge in [0.1, 0.15) is 11.6 Å². The summed E-state index contributed by atoms with van der Waals surface area (Å²) in [6.07, 6.45) is 0. The second-order valence-corrected chi connectivity index (χ2v) is 8.25. The number of ether oxygens (including phenoxy) is 1. The van der Waals surface area contributed by atoms with Crippen molar-refractivity contribution in [2.24, 2.45) is 0 Å². The molecule has 1 N–H and O–H groups in total. The second kappa shape index (κ2) is 10.8. The van der Waals surface area contributed by atoms with E-state index in [1.54, 1.807) is 29.9 Å². The number of thioether (sulfide) groups is 1. The summed E-state index contributed by atoms with van der Waals surface area (Å²) < 4.78 is 20.9. The molecule has 0 aliphatic heterocycles. The average molecular weight is 494 g/mol. The van der Waals surface area contributed by atoms with Gasteiger partial charge in [0, 0.05) is 23.6 Å². The molecule has 0 aliphatic carbocycles. The third kappa shape index (κ3) is 5.64. The molecule has 0 spiro atoms. The highest BCUT2D eigenvalue weighted by molar-refractivity contribution is 7.98. The van der Waals surface area contributed by atoms with E-state index in [2.05, 4.69) is 15.5 Å². The summed E-state index contributed by atoms with van der Waals surface area (Å²) in [4.78, 5) is 23.1. The van der Waals surface area contributed by atoms with Crippen LogP contribution >= 0.6 is 11.8 Å². The number of nitrogens with one attached hydrogen (secondary N) is 1. The average Bonchev–Trinajstić information content (AvgIpc) is 3.29. The predicted molar refractivity (Wildman–Crippen MR) is 128 cm³/mol. The summed E-state index contributed by atoms with van der Waals surface area (Å²) in [6.45, 7) is -0.0309. The number of halogens is 1. The number of hydrogen-bond acceptors (Lipinski definition) is 7. The van der Waals surface area contributed by atoms with Crippen molar-refractivity contribution in [3.05, 3.63) is 106 Å². The Labute approximate surface area is 204 Å². The van der Waals surface area contributed by atoms with Gasteiger partial charge in [-0.3, -0.25) is 19.5 Å². The lowest BCUT2D eigenvalue weighted by molar-refractivity contribution is -0.384. The Morgan fingerprint density at radius 1 is 1.11 bits per heavy atom. The van der Waals surface area contributed by atoms with Gasteiger partial charge in [0.2, 0.25) is 0 Å². The van der Waals surface area contributed by atoms with Crippen molar-refractivity contribution in [2.75, 3.05) is 7.11 Å². The van der Waals surface area contributed by atoms with Gasteiger partial charge in [0.15, 0.2) is 11.0 Å². The second-order valence-electron chi connectivity index (χ2n) is 7.31. The van der Waals surface area contributed by atoms with Crippen molar-refractivity contribution in [2.45, 2.75) is 17.5 Å². The number of carbonyl (C=O) groups excluding carboxylic acids is 1. The van der Waals surface area contributed by atoms with Gasteiger partial charge < -0.3 is 10.1 Å². The lowest BCUT2D eigenvalue weighted by Gasteiger charge is -2.11. The molecular weight excluding hydrogens is 473 g/mol. The molecule has 0 saturated carbocycles. The van der Waals surface area contributed by atoms with Gasteiger partial charge in [-0.1, -0.05) is 36.0 Å². The molecule has 0 radical (unpaired) electrons. The van der Waals surface area contributed by atoms with E-state index in [1.807, 2.05) is 24.3 Å². The van der Waals surface area contributed by atoms with E-state index in [1.165, 1.54) is 42.1 Å². The molecule has 0 aliphatic rings. The van der Waals surface area contributed by atoms with Crippen molar-refractivity contribution in [3.63, 3.8) is 0 Å². The molecule has 0 fully saturated rings. The predicted octanol–water partition coefficient (Wildman–Crippen LogP) is 4.55. The molecule has 0 saturated heterocycles. The molecule has 0 unspecified atom stereocenters. The van der Waals surface area contributed by atoms with E-state index in [-0.39, 0.29) is 17.8 Å². The number of hydrogen-bond donors (Lipinski definition) is 1. The molecule has 4 aromatic rings. The van der Waals surface area contributed by atoms with Gasteiger partial charge >= 0.3 is 0 Å². The monoisotopic (exact) mass is 493 g/mol. The van der Waals surface area contributed by atoms with Crippen molar-refractivity contribution in [1.82, 2.24) is 20.1 Å². The fourth-order valence-electron chi connectivity index (χ4n) is 3.30. The van der Waals surface area contributed by atoms with Gasteiger partial charge in [-0.2, -0.15) is 0 Å². The van der Waals surface area contributed by atoms with Gasteiger partial charge in [-0.25, -0.2) is 4.39 Å². The minimum Gasteiger partial charge on any atom is -0.497 e. The van der Waals surface area contributed by atoms with E-state index >= 15 is 0 Å². The molecule has 11 heteroatoms. The van der Waals surface area contributed by atoms with Crippen molar-refractivity contribution in [1.29, 1.82) is 0 Å². The Bertz CT molecular complexity index is 1360. The Balaban J connectivity index is 1.60. The first-order chi connectivity index (χ1) is 17.0. The Kier molecular flexibility index (Phi) is 7.36. The molecule has 3 aromatic carbocycles. The van der Waals surface area contributed by atoms with Crippen LogP contribution in [0.15, 0.2) is 78.0 Å². The quantitative estimate of drug-likeness (QED) is 0.207. The van der Waals surface area contributed by atoms with Gasteiger partial charge in [0.05, 0.1) is 24.1 Å². The largest absolute Gasteiger partial charge is 0.497 e. The molecule has 0 bridgehead atoms. The standard InChI is InChI=1S/C24H20FN5O4S/c1-34-19-6-4-5-16(13-19)15-35-24-28-27-22(14-26-23(31)20-7-2-3-8-21(20)25)29(24)17-9-11-18(12-10-17)30(32)33/h2-13H,14-15H2,1H3,(H,26,31). The van der Waals surface area contributed by atoms with Crippen molar-refractivity contribution >= 4 is 23.4 Å². The normalized spacial score (nSPS) is 10.7. The van der Waals surface area contributed by atoms with Crippen LogP contribution < -0.4 is 10.1 Å². The third-order valence-electron chi connectivity index (χ3n) is 5.05. The third-order valence-corrected chi connectivity index (χ3v) is 6.05. The summed E-state index contributed by atoms with van der Waals surface area (Å²) in [5, 5.41) is 22.7. The highest BCUT2D eigenvalue weighted by Crippen LogP contribution is 2.27. The van der Waals surface area contributed by atoms with Crippen LogP contribution in [0.25, 0.3) is 5.69 Å². The summed E-state index contributed by atoms with van der Waals surface area (Å²) >= 11 is 1.41. The maximum atomic E-state index is 14.0. The number of nitro groups is 1. The zero-order valence-corrected chi connectivity index (χ0v) is 19.4. The SMILES string of the molecule is COc1cccc(CSc2nnc(CNC(=O)c3ccccc3F)n2-c2ccc([N+](=O)[O-])cc2)c1. The van der Waals surface area contributed by atoms with Crippen molar-refractivity contribution in [3.8, 4) is 11.4 Å². The number of benzene rings is 3. The molecule has 9 nitrogen and oxygen atoms in total. The Hall–Kier alpha value is -4.25. The van der Waals surface area contributed by atoms with Crippen LogP contribution in [0.1, 0.15) is 21.7 Å². The lowest BCUT2D eigenvalue weighted by Crippen LogP contribution is -2.25. The first kappa shape index (κ1) is 23.9. The van der Waals surface area contributed by atoms with Crippen LogP contribution in [0.4, 0.5) is 10.1 Å². The minimum absolute atomic E-state index is 0.0309. The van der Waals surface area contributed by atoms with E-state index in [0.717, 1.165) is 11.3 Å². The molecular formula is C24H20FN5O4S. The zero-order chi connectivity index (χ0) is 24.8. The number of nitro benzene ring substituents is 1. The molecule has 178 valence electrons. The zero-order valence-electron chi connectivity index (χ0n) is 18.6. The van der Waals surface area contributed by atoms with Crippen LogP contribution in [0.5, 0.6) is 5.75 Å². The summed E-state index contributed by atoms with van der Waals surface area (Å²) in [5.74, 6) is 0.459. The molecule has 4 rings (SSSR count). The first-order valence-corrected chi connectivity index (χ1v) is 11.4. The number of non-ortho nitro benzene ring substituents is 1. The lowest BCUT2D eigenvalue weighted by atomic mass is 10.2. The Morgan fingerprint density at radius 3 is 2.60 bits per heavy atom. The van der Waals surface area contributed by atoms with Gasteiger partial charge in [-0.05, 0) is 42.0 Å². The number of methoxy groups -OCH3 is 1. The molecule has 1 amide bonds. The molecule has 1 heterocycles. The van der Waals surface area contributed by atoms with E-state index < -0.39 is 16.6 Å². The van der Waals surface area contributed by atoms with Crippen LogP contribution in [-0.2, 0) is 12.3 Å². The van der Waals surface area contributed by atoms with Crippen molar-refractivity contribution < 1.29 is 18.8 Å². The number of aromatic nitrogens is 3. The number of carbonyl (C=O) groups is 1. The summed E-state index contributed by atoms with van der Waals surface area (Å²) in [5.41, 5.74) is 1.45. The van der Waals surface area contributed by atoms with E-state index in [9.17, 15) is 19.3 Å². The van der Waals surface area contributed by atoms with Crippen LogP contribution in [-0.4, -0.2) is 32.7 Å². The van der Waals surface area contributed by atoms with Crippen LogP contribution in [0.2, 0.25) is 0 Å². The number of rotatable bonds is 9.